The predicted molar refractivity (Wildman–Crippen MR) is 141 cm³/mol. The molecular weight excluding hydrogens is 468 g/mol. The number of nitrogen functional groups attached to an aromatic ring is 1. The van der Waals surface area contributed by atoms with Gasteiger partial charge in [0.15, 0.2) is 6.23 Å². The third-order valence-electron chi connectivity index (χ3n) is 7.03. The zero-order valence-electron chi connectivity index (χ0n) is 20.5. The maximum atomic E-state index is 12.2. The first-order chi connectivity index (χ1) is 18.1. The number of hydrogen-bond acceptors (Lipinski definition) is 7. The van der Waals surface area contributed by atoms with E-state index < -0.39 is 6.09 Å². The zero-order chi connectivity index (χ0) is 25.2. The summed E-state index contributed by atoms with van der Waals surface area (Å²) in [6.45, 7) is 1.22. The van der Waals surface area contributed by atoms with Gasteiger partial charge in [0.25, 0.3) is 0 Å². The lowest BCUT2D eigenvalue weighted by atomic mass is 9.85. The molecule has 0 bridgehead atoms. The molecule has 1 aliphatic carbocycles. The number of nitrogens with two attached hydrogens (primary N) is 1. The number of imidazole rings is 1. The normalized spacial score (nSPS) is 17.5. The number of hydrogen-bond donors (Lipinski definition) is 3. The molecule has 1 atom stereocenters. The van der Waals surface area contributed by atoms with E-state index in [-0.39, 0.29) is 6.23 Å². The highest BCUT2D eigenvalue weighted by molar-refractivity contribution is 5.86. The van der Waals surface area contributed by atoms with Crippen molar-refractivity contribution in [2.24, 2.45) is 0 Å². The standard InChI is InChI=1S/C28H30N6O3/c29-26-25-24(33-27(19-6-2-7-19)34(25)14-13-31-26)20-8-3-10-22(16-20)36-17-18-5-1-9-21(15-18)32-28(35)37-23-11-4-12-30-23/h1,3,5,8-10,13-16,19,23,30H,2,4,6-7,11-12,17H2,(H2,29,31)(H,32,35). The van der Waals surface area contributed by atoms with Crippen LogP contribution in [0.25, 0.3) is 16.8 Å². The van der Waals surface area contributed by atoms with Crippen molar-refractivity contribution in [2.75, 3.05) is 17.6 Å². The van der Waals surface area contributed by atoms with Gasteiger partial charge in [0.1, 0.15) is 35.2 Å². The van der Waals surface area contributed by atoms with Crippen molar-refractivity contribution in [2.45, 2.75) is 50.9 Å². The maximum Gasteiger partial charge on any atom is 0.413 e. The second kappa shape index (κ2) is 10.1. The van der Waals surface area contributed by atoms with Gasteiger partial charge in [0.2, 0.25) is 0 Å². The molecule has 4 aromatic rings. The smallest absolute Gasteiger partial charge is 0.413 e. The molecule has 1 amide bonds. The number of carbonyl (C=O) groups excluding carboxylic acids is 1. The number of nitrogens with zero attached hydrogens (tertiary/aromatic N) is 3. The van der Waals surface area contributed by atoms with E-state index in [0.717, 1.165) is 66.1 Å². The van der Waals surface area contributed by atoms with E-state index in [0.29, 0.717) is 24.0 Å². The van der Waals surface area contributed by atoms with E-state index in [2.05, 4.69) is 20.0 Å². The molecule has 4 N–H and O–H groups in total. The number of amides is 1. The molecule has 3 heterocycles. The van der Waals surface area contributed by atoms with Crippen LogP contribution in [0.5, 0.6) is 5.75 Å². The average Bonchev–Trinajstić information content (AvgIpc) is 3.51. The van der Waals surface area contributed by atoms with Crippen LogP contribution >= 0.6 is 0 Å². The maximum absolute atomic E-state index is 12.2. The molecule has 1 unspecified atom stereocenters. The summed E-state index contributed by atoms with van der Waals surface area (Å²) >= 11 is 0. The lowest BCUT2D eigenvalue weighted by molar-refractivity contribution is 0.102. The van der Waals surface area contributed by atoms with Crippen LogP contribution in [0, 0.1) is 0 Å². The quantitative estimate of drug-likeness (QED) is 0.325. The minimum Gasteiger partial charge on any atom is -0.489 e. The van der Waals surface area contributed by atoms with Gasteiger partial charge in [0.05, 0.1) is 0 Å². The zero-order valence-corrected chi connectivity index (χ0v) is 20.5. The summed E-state index contributed by atoms with van der Waals surface area (Å²) in [5.74, 6) is 2.68. The molecule has 9 nitrogen and oxygen atoms in total. The highest BCUT2D eigenvalue weighted by Gasteiger charge is 2.27. The molecule has 190 valence electrons. The van der Waals surface area contributed by atoms with Crippen LogP contribution in [0.15, 0.2) is 60.9 Å². The van der Waals surface area contributed by atoms with Crippen LogP contribution in [-0.4, -0.2) is 33.2 Å². The molecule has 37 heavy (non-hydrogen) atoms. The minimum atomic E-state index is -0.465. The Labute approximate surface area is 215 Å². The van der Waals surface area contributed by atoms with E-state index in [1.807, 2.05) is 54.7 Å². The Balaban J connectivity index is 1.17. The van der Waals surface area contributed by atoms with Crippen LogP contribution in [0.4, 0.5) is 16.3 Å². The molecule has 1 saturated carbocycles. The Morgan fingerprint density at radius 1 is 1.14 bits per heavy atom. The van der Waals surface area contributed by atoms with Crippen molar-refractivity contribution in [3.05, 3.63) is 72.3 Å². The van der Waals surface area contributed by atoms with Gasteiger partial charge >= 0.3 is 6.09 Å². The Morgan fingerprint density at radius 3 is 2.84 bits per heavy atom. The van der Waals surface area contributed by atoms with Gasteiger partial charge in [-0.1, -0.05) is 30.7 Å². The number of carbonyl (C=O) groups is 1. The number of fused-ring (bicyclic) bond motifs is 1. The van der Waals surface area contributed by atoms with Gasteiger partial charge in [-0.25, -0.2) is 14.8 Å². The van der Waals surface area contributed by atoms with E-state index in [4.69, 9.17) is 20.2 Å². The van der Waals surface area contributed by atoms with Crippen LogP contribution in [0.2, 0.25) is 0 Å². The molecule has 0 radical (unpaired) electrons. The summed E-state index contributed by atoms with van der Waals surface area (Å²) < 4.78 is 13.6. The molecular formula is C28H30N6O3. The second-order valence-electron chi connectivity index (χ2n) is 9.61. The average molecular weight is 499 g/mol. The fourth-order valence-electron chi connectivity index (χ4n) is 4.91. The first-order valence-electron chi connectivity index (χ1n) is 12.8. The van der Waals surface area contributed by atoms with Crippen LogP contribution in [0.3, 0.4) is 0 Å². The summed E-state index contributed by atoms with van der Waals surface area (Å²) in [4.78, 5) is 21.5. The van der Waals surface area contributed by atoms with Gasteiger partial charge in [0, 0.05) is 29.6 Å². The van der Waals surface area contributed by atoms with Crippen molar-refractivity contribution < 1.29 is 14.3 Å². The van der Waals surface area contributed by atoms with Crippen LogP contribution in [0.1, 0.15) is 49.4 Å². The third-order valence-corrected chi connectivity index (χ3v) is 7.03. The summed E-state index contributed by atoms with van der Waals surface area (Å²) in [5, 5.41) is 5.94. The number of aromatic nitrogens is 3. The van der Waals surface area contributed by atoms with E-state index in [1.54, 1.807) is 6.20 Å². The van der Waals surface area contributed by atoms with Crippen molar-refractivity contribution in [3.8, 4) is 17.0 Å². The molecule has 1 saturated heterocycles. The molecule has 6 rings (SSSR count). The van der Waals surface area contributed by atoms with Crippen LogP contribution in [-0.2, 0) is 11.3 Å². The Bertz CT molecular complexity index is 1420. The van der Waals surface area contributed by atoms with E-state index >= 15 is 0 Å². The summed E-state index contributed by atoms with van der Waals surface area (Å²) in [7, 11) is 0. The fourth-order valence-corrected chi connectivity index (χ4v) is 4.91. The Morgan fingerprint density at radius 2 is 2.03 bits per heavy atom. The number of benzene rings is 2. The van der Waals surface area contributed by atoms with Crippen molar-refractivity contribution in [1.82, 2.24) is 19.7 Å². The summed E-state index contributed by atoms with van der Waals surface area (Å²) in [5.41, 5.74) is 10.5. The Hall–Kier alpha value is -4.11. The van der Waals surface area contributed by atoms with Gasteiger partial charge < -0.3 is 15.2 Å². The molecule has 2 aromatic carbocycles. The molecule has 0 spiro atoms. The largest absolute Gasteiger partial charge is 0.489 e. The molecule has 1 aliphatic heterocycles. The number of anilines is 2. The van der Waals surface area contributed by atoms with E-state index in [1.165, 1.54) is 6.42 Å². The lowest BCUT2D eigenvalue weighted by Crippen LogP contribution is -2.29. The number of rotatable bonds is 7. The first kappa shape index (κ1) is 23.3. The Kier molecular flexibility index (Phi) is 6.36. The fraction of sp³-hybridized carbons (Fsp3) is 0.321. The number of nitrogens with one attached hydrogen (secondary N) is 2. The predicted octanol–water partition coefficient (Wildman–Crippen LogP) is 5.08. The topological polar surface area (TPSA) is 116 Å². The highest BCUT2D eigenvalue weighted by atomic mass is 16.6. The van der Waals surface area contributed by atoms with Crippen LogP contribution < -0.4 is 21.1 Å². The molecule has 2 fully saturated rings. The molecule has 9 heteroatoms. The number of ether oxygens (including phenoxy) is 2. The van der Waals surface area contributed by atoms with Crippen molar-refractivity contribution in [1.29, 1.82) is 0 Å². The van der Waals surface area contributed by atoms with Crippen molar-refractivity contribution >= 4 is 23.1 Å². The van der Waals surface area contributed by atoms with E-state index in [9.17, 15) is 4.79 Å². The first-order valence-corrected chi connectivity index (χ1v) is 12.8. The van der Waals surface area contributed by atoms with Gasteiger partial charge in [-0.3, -0.25) is 15.0 Å². The minimum absolute atomic E-state index is 0.220. The monoisotopic (exact) mass is 498 g/mol. The summed E-state index contributed by atoms with van der Waals surface area (Å²) in [6.07, 6.45) is 8.35. The highest BCUT2D eigenvalue weighted by Crippen LogP contribution is 2.39. The SMILES string of the molecule is Nc1nccn2c(C3CCC3)nc(-c3cccc(OCc4cccc(NC(=O)OC5CCCN5)c4)c3)c12. The third kappa shape index (κ3) is 4.95. The lowest BCUT2D eigenvalue weighted by Gasteiger charge is -2.23. The molecule has 2 aliphatic rings. The summed E-state index contributed by atoms with van der Waals surface area (Å²) in [6, 6.07) is 15.4. The van der Waals surface area contributed by atoms with Gasteiger partial charge in [-0.2, -0.15) is 0 Å². The van der Waals surface area contributed by atoms with Gasteiger partial charge in [-0.05, 0) is 62.1 Å². The molecule has 2 aromatic heterocycles. The van der Waals surface area contributed by atoms with Gasteiger partial charge in [-0.15, -0.1) is 0 Å². The van der Waals surface area contributed by atoms with Crippen molar-refractivity contribution in [3.63, 3.8) is 0 Å². The second-order valence-corrected chi connectivity index (χ2v) is 9.61.